The van der Waals surface area contributed by atoms with Crippen LogP contribution >= 0.6 is 0 Å². The Bertz CT molecular complexity index is 3480. The zero-order chi connectivity index (χ0) is 42.4. The number of nitrogens with zero attached hydrogens (tertiary/aromatic N) is 2. The van der Waals surface area contributed by atoms with Gasteiger partial charge < -0.3 is 9.47 Å². The molecule has 1 unspecified atom stereocenters. The number of allylic oxidation sites excluding steroid dienone is 1. The highest BCUT2D eigenvalue weighted by Gasteiger charge is 2.39. The molecule has 63 heavy (non-hydrogen) atoms. The van der Waals surface area contributed by atoms with Gasteiger partial charge in [-0.15, -0.1) is 0 Å². The molecule has 10 aromatic rings. The normalized spacial score (nSPS) is 14.1. The fourth-order valence-corrected chi connectivity index (χ4v) is 11.1. The summed E-state index contributed by atoms with van der Waals surface area (Å²) in [5, 5.41) is 5.07. The second-order valence-corrected chi connectivity index (χ2v) is 18.3. The minimum Gasteiger partial charge on any atom is -0.344 e. The fraction of sp³-hybridized carbons (Fsp3) is 0.115. The Hall–Kier alpha value is -7.42. The first-order valence-electron chi connectivity index (χ1n) is 22.3. The van der Waals surface area contributed by atoms with E-state index in [-0.39, 0.29) is 11.3 Å². The third kappa shape index (κ3) is 5.85. The summed E-state index contributed by atoms with van der Waals surface area (Å²) in [4.78, 5) is 2.47. The van der Waals surface area contributed by atoms with Gasteiger partial charge in [-0.05, 0) is 116 Å². The van der Waals surface area contributed by atoms with Gasteiger partial charge in [0.15, 0.2) is 0 Å². The van der Waals surface area contributed by atoms with Crippen LogP contribution in [0, 0.1) is 0 Å². The molecular formula is C61H48N2. The summed E-state index contributed by atoms with van der Waals surface area (Å²) in [5.74, 6) is 0.0680. The van der Waals surface area contributed by atoms with Gasteiger partial charge in [-0.3, -0.25) is 0 Å². The molecule has 12 rings (SSSR count). The maximum atomic E-state index is 2.53. The van der Waals surface area contributed by atoms with Crippen molar-refractivity contribution in [3.8, 4) is 22.3 Å². The summed E-state index contributed by atoms with van der Waals surface area (Å²) >= 11 is 0. The van der Waals surface area contributed by atoms with Gasteiger partial charge >= 0.3 is 0 Å². The first-order valence-corrected chi connectivity index (χ1v) is 22.3. The third-order valence-corrected chi connectivity index (χ3v) is 14.1. The smallest absolute Gasteiger partial charge is 0.0543 e. The van der Waals surface area contributed by atoms with Crippen LogP contribution in [-0.2, 0) is 18.9 Å². The molecule has 2 aliphatic rings. The number of hydrogen-bond donors (Lipinski definition) is 0. The van der Waals surface area contributed by atoms with E-state index in [9.17, 15) is 0 Å². The molecule has 1 aromatic heterocycles. The molecule has 1 atom stereocenters. The standard InChI is InChI=1S/C61H48N2/c1-39-33-41-19-11-12-22-47(41)48-30-27-42(35-44(48)34-39)59(40-17-7-5-8-18-40)43-28-31-53-54(36-43)61(2,3)55-38-58(50-24-13-14-25-52(50)60(53)55)63(45-20-9-6-10-21-45)46-29-32-51-49-23-15-16-26-56(49)62(4)57(51)37-46/h5-32,34-38,59H,33H2,1-4H3. The largest absolute Gasteiger partial charge is 0.344 e. The molecule has 0 amide bonds. The second-order valence-electron chi connectivity index (χ2n) is 18.3. The number of anilines is 3. The zero-order valence-corrected chi connectivity index (χ0v) is 36.2. The lowest BCUT2D eigenvalue weighted by Gasteiger charge is -2.30. The number of rotatable bonds is 6. The number of fused-ring (bicyclic) bond motifs is 11. The van der Waals surface area contributed by atoms with Gasteiger partial charge in [-0.2, -0.15) is 0 Å². The molecule has 1 heterocycles. The molecule has 0 saturated carbocycles. The van der Waals surface area contributed by atoms with E-state index < -0.39 is 0 Å². The number of para-hydroxylation sites is 2. The molecule has 0 bridgehead atoms. The molecule has 0 saturated heterocycles. The summed E-state index contributed by atoms with van der Waals surface area (Å²) in [6, 6.07) is 72.7. The molecule has 2 aliphatic carbocycles. The van der Waals surface area contributed by atoms with E-state index in [1.807, 2.05) is 0 Å². The third-order valence-electron chi connectivity index (χ3n) is 14.1. The maximum Gasteiger partial charge on any atom is 0.0543 e. The van der Waals surface area contributed by atoms with Crippen LogP contribution in [0.3, 0.4) is 0 Å². The molecule has 0 N–H and O–H groups in total. The summed E-state index contributed by atoms with van der Waals surface area (Å²) in [7, 11) is 2.19. The fourth-order valence-electron chi connectivity index (χ4n) is 11.1. The van der Waals surface area contributed by atoms with Crippen LogP contribution in [0.25, 0.3) is 60.9 Å². The van der Waals surface area contributed by atoms with E-state index in [1.54, 1.807) is 0 Å². The Balaban J connectivity index is 1.03. The van der Waals surface area contributed by atoms with Crippen molar-refractivity contribution >= 4 is 55.7 Å². The first kappa shape index (κ1) is 37.4. The van der Waals surface area contributed by atoms with Gasteiger partial charge in [0.1, 0.15) is 0 Å². The van der Waals surface area contributed by atoms with Gasteiger partial charge in [0.2, 0.25) is 0 Å². The van der Waals surface area contributed by atoms with Crippen LogP contribution in [0.1, 0.15) is 65.6 Å². The van der Waals surface area contributed by atoms with Crippen molar-refractivity contribution in [2.75, 3.05) is 4.90 Å². The van der Waals surface area contributed by atoms with Crippen molar-refractivity contribution in [3.05, 3.63) is 239 Å². The predicted molar refractivity (Wildman–Crippen MR) is 267 cm³/mol. The Labute approximate surface area is 370 Å². The molecule has 2 heteroatoms. The minimum atomic E-state index is -0.264. The molecule has 0 spiro atoms. The van der Waals surface area contributed by atoms with E-state index in [2.05, 4.69) is 237 Å². The van der Waals surface area contributed by atoms with Gasteiger partial charge in [-0.1, -0.05) is 183 Å². The highest BCUT2D eigenvalue weighted by atomic mass is 15.1. The zero-order valence-electron chi connectivity index (χ0n) is 36.2. The van der Waals surface area contributed by atoms with Crippen LogP contribution in [0.15, 0.2) is 200 Å². The van der Waals surface area contributed by atoms with Crippen LogP contribution < -0.4 is 4.90 Å². The van der Waals surface area contributed by atoms with E-state index in [4.69, 9.17) is 0 Å². The van der Waals surface area contributed by atoms with Gasteiger partial charge in [0.25, 0.3) is 0 Å². The predicted octanol–water partition coefficient (Wildman–Crippen LogP) is 16.1. The lowest BCUT2D eigenvalue weighted by atomic mass is 9.78. The quantitative estimate of drug-likeness (QED) is 0.152. The van der Waals surface area contributed by atoms with Crippen LogP contribution in [0.5, 0.6) is 0 Å². The summed E-state index contributed by atoms with van der Waals surface area (Å²) in [5.41, 5.74) is 21.7. The highest BCUT2D eigenvalue weighted by molar-refractivity contribution is 6.12. The lowest BCUT2D eigenvalue weighted by molar-refractivity contribution is 0.659. The summed E-state index contributed by atoms with van der Waals surface area (Å²) in [6.07, 6.45) is 3.38. The van der Waals surface area contributed by atoms with Crippen LogP contribution in [0.2, 0.25) is 0 Å². The minimum absolute atomic E-state index is 0.0680. The topological polar surface area (TPSA) is 8.17 Å². The van der Waals surface area contributed by atoms with Crippen molar-refractivity contribution < 1.29 is 0 Å². The molecular weight excluding hydrogens is 761 g/mol. The first-order chi connectivity index (χ1) is 30.8. The molecule has 2 nitrogen and oxygen atoms in total. The highest BCUT2D eigenvalue weighted by Crippen LogP contribution is 2.55. The van der Waals surface area contributed by atoms with Gasteiger partial charge in [-0.25, -0.2) is 0 Å². The maximum absolute atomic E-state index is 2.53. The summed E-state index contributed by atoms with van der Waals surface area (Å²) < 4.78 is 2.33. The lowest BCUT2D eigenvalue weighted by Crippen LogP contribution is -2.17. The molecule has 0 radical (unpaired) electrons. The van der Waals surface area contributed by atoms with E-state index >= 15 is 0 Å². The van der Waals surface area contributed by atoms with Crippen molar-refractivity contribution in [1.29, 1.82) is 0 Å². The van der Waals surface area contributed by atoms with Crippen LogP contribution in [-0.4, -0.2) is 4.57 Å². The number of hydrogen-bond acceptors (Lipinski definition) is 1. The number of benzene rings is 9. The molecule has 302 valence electrons. The van der Waals surface area contributed by atoms with E-state index in [0.29, 0.717) is 0 Å². The average molecular weight is 809 g/mol. The van der Waals surface area contributed by atoms with Gasteiger partial charge in [0.05, 0.1) is 11.2 Å². The monoisotopic (exact) mass is 808 g/mol. The average Bonchev–Trinajstić information content (AvgIpc) is 3.66. The Morgan fingerprint density at radius 1 is 0.492 bits per heavy atom. The summed E-state index contributed by atoms with van der Waals surface area (Å²) in [6.45, 7) is 7.13. The Morgan fingerprint density at radius 2 is 1.14 bits per heavy atom. The van der Waals surface area contributed by atoms with Crippen molar-refractivity contribution in [2.45, 2.75) is 38.5 Å². The van der Waals surface area contributed by atoms with Crippen molar-refractivity contribution in [3.63, 3.8) is 0 Å². The van der Waals surface area contributed by atoms with Crippen molar-refractivity contribution in [2.24, 2.45) is 7.05 Å². The molecule has 0 aliphatic heterocycles. The Morgan fingerprint density at radius 3 is 1.95 bits per heavy atom. The van der Waals surface area contributed by atoms with E-state index in [1.165, 1.54) is 105 Å². The second kappa shape index (κ2) is 14.3. The van der Waals surface area contributed by atoms with Crippen molar-refractivity contribution in [1.82, 2.24) is 4.57 Å². The van der Waals surface area contributed by atoms with E-state index in [0.717, 1.165) is 17.8 Å². The SMILES string of the molecule is CC1=Cc2cc(C(c3ccccc3)c3ccc4c(c3)C(C)(C)c3cc(N(c5ccccc5)c5ccc6c7ccccc7n(C)c6c5)c5ccccc5c3-4)ccc2-c2ccccc2C1. The van der Waals surface area contributed by atoms with Gasteiger partial charge in [0, 0.05) is 51.4 Å². The molecule has 0 fully saturated rings. The molecule has 9 aromatic carbocycles. The number of aryl methyl sites for hydroxylation is 1. The number of aromatic nitrogens is 1. The van der Waals surface area contributed by atoms with Crippen LogP contribution in [0.4, 0.5) is 17.1 Å². The Kier molecular flexibility index (Phi) is 8.49.